The Hall–Kier alpha value is -1.49. The van der Waals surface area contributed by atoms with Gasteiger partial charge in [-0.15, -0.1) is 0 Å². The number of carbonyl (C=O) groups is 1. The van der Waals surface area contributed by atoms with Crippen LogP contribution in [0.2, 0.25) is 0 Å². The Morgan fingerprint density at radius 3 is 2.93 bits per heavy atom. The van der Waals surface area contributed by atoms with Gasteiger partial charge in [-0.05, 0) is 26.2 Å². The summed E-state index contributed by atoms with van der Waals surface area (Å²) in [7, 11) is 3.79. The van der Waals surface area contributed by atoms with Gasteiger partial charge in [0.2, 0.25) is 0 Å². The van der Waals surface area contributed by atoms with Crippen LogP contribution >= 0.6 is 0 Å². The molecule has 1 aromatic rings. The average Bonchev–Trinajstić information content (AvgIpc) is 2.17. The van der Waals surface area contributed by atoms with E-state index in [4.69, 9.17) is 0 Å². The SMILES string of the molecule is CN(C)CCNC(=O)c1ncccc1F. The molecule has 0 atom stereocenters. The van der Waals surface area contributed by atoms with Gasteiger partial charge in [0.1, 0.15) is 0 Å². The number of aromatic nitrogens is 1. The van der Waals surface area contributed by atoms with Crippen LogP contribution in [0.1, 0.15) is 10.5 Å². The maximum atomic E-state index is 13.1. The van der Waals surface area contributed by atoms with Gasteiger partial charge in [0.05, 0.1) is 0 Å². The monoisotopic (exact) mass is 211 g/mol. The number of amides is 1. The number of likely N-dealkylation sites (N-methyl/N-ethyl adjacent to an activating group) is 1. The average molecular weight is 211 g/mol. The Morgan fingerprint density at radius 1 is 1.60 bits per heavy atom. The van der Waals surface area contributed by atoms with Crippen molar-refractivity contribution in [2.45, 2.75) is 0 Å². The number of hydrogen-bond acceptors (Lipinski definition) is 3. The zero-order valence-corrected chi connectivity index (χ0v) is 8.83. The van der Waals surface area contributed by atoms with Crippen molar-refractivity contribution in [2.24, 2.45) is 0 Å². The predicted octanol–water partition coefficient (Wildman–Crippen LogP) is 0.512. The number of rotatable bonds is 4. The Kier molecular flexibility index (Phi) is 4.17. The highest BCUT2D eigenvalue weighted by Crippen LogP contribution is 2.01. The first-order valence-corrected chi connectivity index (χ1v) is 4.64. The summed E-state index contributed by atoms with van der Waals surface area (Å²) in [5.74, 6) is -1.07. The van der Waals surface area contributed by atoms with Crippen molar-refractivity contribution >= 4 is 5.91 Å². The molecule has 1 heterocycles. The molecule has 0 aliphatic rings. The van der Waals surface area contributed by atoms with Crippen molar-refractivity contribution in [3.63, 3.8) is 0 Å². The zero-order valence-electron chi connectivity index (χ0n) is 8.83. The molecule has 5 heteroatoms. The topological polar surface area (TPSA) is 45.2 Å². The molecule has 1 aromatic heterocycles. The molecule has 0 saturated heterocycles. The summed E-state index contributed by atoms with van der Waals surface area (Å²) in [6.07, 6.45) is 1.39. The van der Waals surface area contributed by atoms with Crippen molar-refractivity contribution in [3.8, 4) is 0 Å². The van der Waals surface area contributed by atoms with Crippen LogP contribution in [-0.2, 0) is 0 Å². The van der Waals surface area contributed by atoms with E-state index in [-0.39, 0.29) is 5.69 Å². The Balaban J connectivity index is 2.51. The lowest BCUT2D eigenvalue weighted by atomic mass is 10.3. The number of nitrogens with one attached hydrogen (secondary N) is 1. The quantitative estimate of drug-likeness (QED) is 0.789. The third-order valence-electron chi connectivity index (χ3n) is 1.82. The van der Waals surface area contributed by atoms with E-state index in [0.717, 1.165) is 0 Å². The van der Waals surface area contributed by atoms with Gasteiger partial charge in [-0.2, -0.15) is 0 Å². The second kappa shape index (κ2) is 5.41. The molecule has 0 aliphatic heterocycles. The van der Waals surface area contributed by atoms with Gasteiger partial charge in [-0.25, -0.2) is 9.37 Å². The summed E-state index contributed by atoms with van der Waals surface area (Å²) < 4.78 is 13.1. The summed E-state index contributed by atoms with van der Waals surface area (Å²) >= 11 is 0. The fraction of sp³-hybridized carbons (Fsp3) is 0.400. The summed E-state index contributed by atoms with van der Waals surface area (Å²) in [4.78, 5) is 17.0. The van der Waals surface area contributed by atoms with Crippen LogP contribution in [0.4, 0.5) is 4.39 Å². The summed E-state index contributed by atoms with van der Waals surface area (Å²) in [6.45, 7) is 1.18. The van der Waals surface area contributed by atoms with E-state index in [9.17, 15) is 9.18 Å². The van der Waals surface area contributed by atoms with Gasteiger partial charge < -0.3 is 10.2 Å². The van der Waals surface area contributed by atoms with Crippen molar-refractivity contribution < 1.29 is 9.18 Å². The van der Waals surface area contributed by atoms with Crippen molar-refractivity contribution in [3.05, 3.63) is 29.8 Å². The first-order valence-electron chi connectivity index (χ1n) is 4.64. The standard InChI is InChI=1S/C10H14FN3O/c1-14(2)7-6-13-10(15)9-8(11)4-3-5-12-9/h3-5H,6-7H2,1-2H3,(H,13,15). The van der Waals surface area contributed by atoms with Gasteiger partial charge >= 0.3 is 0 Å². The normalized spacial score (nSPS) is 10.4. The Labute approximate surface area is 88.1 Å². The molecule has 15 heavy (non-hydrogen) atoms. The number of hydrogen-bond donors (Lipinski definition) is 1. The van der Waals surface area contributed by atoms with E-state index in [1.165, 1.54) is 18.3 Å². The Morgan fingerprint density at radius 2 is 2.33 bits per heavy atom. The van der Waals surface area contributed by atoms with Crippen LogP contribution < -0.4 is 5.32 Å². The molecule has 0 fully saturated rings. The molecule has 4 nitrogen and oxygen atoms in total. The molecule has 1 N–H and O–H groups in total. The molecule has 1 rings (SSSR count). The summed E-state index contributed by atoms with van der Waals surface area (Å²) in [5, 5.41) is 2.59. The minimum Gasteiger partial charge on any atom is -0.349 e. The highest BCUT2D eigenvalue weighted by atomic mass is 19.1. The van der Waals surface area contributed by atoms with Gasteiger partial charge in [0.25, 0.3) is 5.91 Å². The van der Waals surface area contributed by atoms with E-state index in [0.29, 0.717) is 13.1 Å². The molecule has 0 aliphatic carbocycles. The lowest BCUT2D eigenvalue weighted by molar-refractivity contribution is 0.0941. The van der Waals surface area contributed by atoms with Crippen LogP contribution in [-0.4, -0.2) is 43.0 Å². The van der Waals surface area contributed by atoms with Crippen LogP contribution in [0.25, 0.3) is 0 Å². The lowest BCUT2D eigenvalue weighted by Gasteiger charge is -2.10. The highest BCUT2D eigenvalue weighted by Gasteiger charge is 2.11. The van der Waals surface area contributed by atoms with E-state index < -0.39 is 11.7 Å². The number of nitrogens with zero attached hydrogens (tertiary/aromatic N) is 2. The fourth-order valence-electron chi connectivity index (χ4n) is 1.03. The van der Waals surface area contributed by atoms with E-state index >= 15 is 0 Å². The first kappa shape index (κ1) is 11.6. The van der Waals surface area contributed by atoms with Gasteiger partial charge in [-0.3, -0.25) is 4.79 Å². The second-order valence-corrected chi connectivity index (χ2v) is 3.39. The van der Waals surface area contributed by atoms with E-state index in [2.05, 4.69) is 10.3 Å². The highest BCUT2D eigenvalue weighted by molar-refractivity contribution is 5.92. The molecule has 0 spiro atoms. The number of carbonyl (C=O) groups excluding carboxylic acids is 1. The zero-order chi connectivity index (χ0) is 11.3. The summed E-state index contributed by atoms with van der Waals surface area (Å²) in [5.41, 5.74) is -0.156. The molecule has 0 radical (unpaired) electrons. The second-order valence-electron chi connectivity index (χ2n) is 3.39. The largest absolute Gasteiger partial charge is 0.349 e. The fourth-order valence-corrected chi connectivity index (χ4v) is 1.03. The van der Waals surface area contributed by atoms with Crippen molar-refractivity contribution in [1.82, 2.24) is 15.2 Å². The van der Waals surface area contributed by atoms with Gasteiger partial charge in [0, 0.05) is 19.3 Å². The third-order valence-corrected chi connectivity index (χ3v) is 1.82. The number of halogens is 1. The first-order chi connectivity index (χ1) is 7.11. The molecule has 0 saturated carbocycles. The molecule has 0 aromatic carbocycles. The predicted molar refractivity (Wildman–Crippen MR) is 55.1 cm³/mol. The molecular weight excluding hydrogens is 197 g/mol. The summed E-state index contributed by atoms with van der Waals surface area (Å²) in [6, 6.07) is 2.67. The van der Waals surface area contributed by atoms with Crippen molar-refractivity contribution in [1.29, 1.82) is 0 Å². The van der Waals surface area contributed by atoms with Crippen molar-refractivity contribution in [2.75, 3.05) is 27.2 Å². The van der Waals surface area contributed by atoms with Crippen LogP contribution in [0, 0.1) is 5.82 Å². The minimum absolute atomic E-state index is 0.156. The molecule has 1 amide bonds. The smallest absolute Gasteiger partial charge is 0.272 e. The van der Waals surface area contributed by atoms with Gasteiger partial charge in [0.15, 0.2) is 11.5 Å². The minimum atomic E-state index is -0.597. The maximum Gasteiger partial charge on any atom is 0.272 e. The number of pyridine rings is 1. The van der Waals surface area contributed by atoms with Gasteiger partial charge in [-0.1, -0.05) is 0 Å². The maximum absolute atomic E-state index is 13.1. The molecule has 82 valence electrons. The molecule has 0 bridgehead atoms. The van der Waals surface area contributed by atoms with Crippen LogP contribution in [0.5, 0.6) is 0 Å². The molecular formula is C10H14FN3O. The Bertz CT molecular complexity index is 341. The molecule has 0 unspecified atom stereocenters. The lowest BCUT2D eigenvalue weighted by Crippen LogP contribution is -2.32. The van der Waals surface area contributed by atoms with Crippen LogP contribution in [0.15, 0.2) is 18.3 Å². The van der Waals surface area contributed by atoms with E-state index in [1.807, 2.05) is 19.0 Å². The van der Waals surface area contributed by atoms with Crippen LogP contribution in [0.3, 0.4) is 0 Å². The van der Waals surface area contributed by atoms with E-state index in [1.54, 1.807) is 0 Å². The third kappa shape index (κ3) is 3.63.